The molecule has 0 spiro atoms. The molecule has 1 aromatic rings. The van der Waals surface area contributed by atoms with E-state index < -0.39 is 17.9 Å². The molecule has 1 aliphatic heterocycles. The molecule has 0 saturated heterocycles. The Hall–Kier alpha value is -2.41. The van der Waals surface area contributed by atoms with Crippen LogP contribution in [0.25, 0.3) is 0 Å². The molecule has 0 radical (unpaired) electrons. The van der Waals surface area contributed by atoms with Gasteiger partial charge in [0.25, 0.3) is 5.91 Å². The van der Waals surface area contributed by atoms with Crippen molar-refractivity contribution in [1.29, 1.82) is 0 Å². The van der Waals surface area contributed by atoms with Crippen LogP contribution in [0, 0.1) is 0 Å². The minimum absolute atomic E-state index is 0.0320. The van der Waals surface area contributed by atoms with Crippen molar-refractivity contribution in [3.8, 4) is 0 Å². The summed E-state index contributed by atoms with van der Waals surface area (Å²) in [5, 5.41) is 5.15. The Labute approximate surface area is 148 Å². The lowest BCUT2D eigenvalue weighted by Gasteiger charge is -2.22. The highest BCUT2D eigenvalue weighted by Crippen LogP contribution is 2.36. The molecule has 0 unspecified atom stereocenters. The van der Waals surface area contributed by atoms with Crippen molar-refractivity contribution >= 4 is 23.4 Å². The Bertz CT molecular complexity index is 657. The number of nitrogens with one attached hydrogen (secondary N) is 2. The molecular weight excluding hydrogens is 320 g/mol. The number of amides is 3. The fourth-order valence-electron chi connectivity index (χ4n) is 2.89. The Kier molecular flexibility index (Phi) is 6.14. The van der Waals surface area contributed by atoms with E-state index in [2.05, 4.69) is 10.6 Å². The molecule has 1 heterocycles. The number of nitrogens with zero attached hydrogens (tertiary/aromatic N) is 2. The molecule has 0 aliphatic carbocycles. The summed E-state index contributed by atoms with van der Waals surface area (Å²) in [4.78, 5) is 40.4. The van der Waals surface area contributed by atoms with Gasteiger partial charge in [0.05, 0.1) is 0 Å². The molecule has 3 amide bonds. The second kappa shape index (κ2) is 8.11. The van der Waals surface area contributed by atoms with E-state index in [1.54, 1.807) is 11.0 Å². The van der Waals surface area contributed by atoms with Crippen molar-refractivity contribution in [3.63, 3.8) is 0 Å². The Balaban J connectivity index is 2.01. The first kappa shape index (κ1) is 18.9. The maximum atomic E-state index is 12.7. The third-order valence-corrected chi connectivity index (χ3v) is 4.06. The highest BCUT2D eigenvalue weighted by atomic mass is 16.2. The van der Waals surface area contributed by atoms with Crippen LogP contribution in [0.3, 0.4) is 0 Å². The van der Waals surface area contributed by atoms with Crippen LogP contribution in [0.15, 0.2) is 24.3 Å². The molecule has 0 fully saturated rings. The molecule has 2 N–H and O–H groups in total. The van der Waals surface area contributed by atoms with Crippen molar-refractivity contribution in [2.45, 2.75) is 32.4 Å². The second-order valence-electron chi connectivity index (χ2n) is 6.68. The van der Waals surface area contributed by atoms with Crippen LogP contribution in [0.1, 0.15) is 31.9 Å². The molecule has 25 heavy (non-hydrogen) atoms. The standard InChI is InChI=1S/C18H26N4O3/c1-12(2)22-14-9-6-5-8-13(14)15(18(22)25)20-17(24)16(23)19-10-7-11-21(3)4/h5-6,8-9,12,15H,7,10-11H2,1-4H3,(H,19,23)(H,20,24)/t15-/m1/s1. The third-order valence-electron chi connectivity index (χ3n) is 4.06. The van der Waals surface area contributed by atoms with Gasteiger partial charge in [0.2, 0.25) is 0 Å². The molecule has 1 atom stereocenters. The van der Waals surface area contributed by atoms with E-state index in [1.165, 1.54) is 0 Å². The first-order chi connectivity index (χ1) is 11.8. The molecule has 0 aromatic heterocycles. The van der Waals surface area contributed by atoms with Gasteiger partial charge in [0, 0.05) is 23.8 Å². The average molecular weight is 346 g/mol. The number of anilines is 1. The molecule has 0 bridgehead atoms. The summed E-state index contributed by atoms with van der Waals surface area (Å²) in [6, 6.07) is 6.46. The summed E-state index contributed by atoms with van der Waals surface area (Å²) < 4.78 is 0. The number of para-hydroxylation sites is 1. The third kappa shape index (κ3) is 4.36. The number of benzene rings is 1. The van der Waals surface area contributed by atoms with E-state index in [9.17, 15) is 14.4 Å². The average Bonchev–Trinajstić information content (AvgIpc) is 2.83. The fourth-order valence-corrected chi connectivity index (χ4v) is 2.89. The topological polar surface area (TPSA) is 81.8 Å². The molecule has 7 nitrogen and oxygen atoms in total. The number of carbonyl (C=O) groups is 3. The zero-order valence-corrected chi connectivity index (χ0v) is 15.2. The number of fused-ring (bicyclic) bond motifs is 1. The first-order valence-electron chi connectivity index (χ1n) is 8.48. The molecule has 1 aromatic carbocycles. The largest absolute Gasteiger partial charge is 0.348 e. The van der Waals surface area contributed by atoms with Crippen molar-refractivity contribution in [2.24, 2.45) is 0 Å². The van der Waals surface area contributed by atoms with Gasteiger partial charge in [0.1, 0.15) is 6.04 Å². The van der Waals surface area contributed by atoms with Crippen molar-refractivity contribution < 1.29 is 14.4 Å². The SMILES string of the molecule is CC(C)N1C(=O)[C@H](NC(=O)C(=O)NCCCN(C)C)c2ccccc21. The zero-order valence-electron chi connectivity index (χ0n) is 15.2. The van der Waals surface area contributed by atoms with Crippen LogP contribution in [0.5, 0.6) is 0 Å². The normalized spacial score (nSPS) is 16.3. The predicted octanol–water partition coefficient (Wildman–Crippen LogP) is 0.667. The molecule has 1 aliphatic rings. The summed E-state index contributed by atoms with van der Waals surface area (Å²) in [6.07, 6.45) is 0.748. The minimum atomic E-state index is -0.821. The minimum Gasteiger partial charge on any atom is -0.348 e. The molecule has 136 valence electrons. The van der Waals surface area contributed by atoms with Gasteiger partial charge in [-0.05, 0) is 47.0 Å². The molecule has 7 heteroatoms. The fraction of sp³-hybridized carbons (Fsp3) is 0.500. The summed E-state index contributed by atoms with van der Waals surface area (Å²) in [6.45, 7) is 5.06. The second-order valence-corrected chi connectivity index (χ2v) is 6.68. The van der Waals surface area contributed by atoms with Crippen molar-refractivity contribution in [3.05, 3.63) is 29.8 Å². The number of hydrogen-bond acceptors (Lipinski definition) is 4. The van der Waals surface area contributed by atoms with Crippen LogP contribution in [-0.2, 0) is 14.4 Å². The van der Waals surface area contributed by atoms with Gasteiger partial charge in [-0.25, -0.2) is 0 Å². The Morgan fingerprint density at radius 2 is 1.88 bits per heavy atom. The lowest BCUT2D eigenvalue weighted by Crippen LogP contribution is -2.45. The van der Waals surface area contributed by atoms with Crippen molar-refractivity contribution in [1.82, 2.24) is 15.5 Å². The van der Waals surface area contributed by atoms with Gasteiger partial charge < -0.3 is 20.4 Å². The summed E-state index contributed by atoms with van der Waals surface area (Å²) in [5.41, 5.74) is 1.49. The van der Waals surface area contributed by atoms with E-state index >= 15 is 0 Å². The maximum absolute atomic E-state index is 12.7. The van der Waals surface area contributed by atoms with E-state index in [0.717, 1.165) is 24.2 Å². The quantitative estimate of drug-likeness (QED) is 0.586. The summed E-state index contributed by atoms with van der Waals surface area (Å²) >= 11 is 0. The van der Waals surface area contributed by atoms with E-state index in [4.69, 9.17) is 0 Å². The van der Waals surface area contributed by atoms with Crippen LogP contribution >= 0.6 is 0 Å². The van der Waals surface area contributed by atoms with Gasteiger partial charge in [-0.15, -0.1) is 0 Å². The van der Waals surface area contributed by atoms with Crippen LogP contribution < -0.4 is 15.5 Å². The highest BCUT2D eigenvalue weighted by Gasteiger charge is 2.39. The van der Waals surface area contributed by atoms with Crippen LogP contribution in [0.2, 0.25) is 0 Å². The summed E-state index contributed by atoms with van der Waals surface area (Å²) in [7, 11) is 3.89. The van der Waals surface area contributed by atoms with Gasteiger partial charge in [-0.1, -0.05) is 18.2 Å². The number of carbonyl (C=O) groups excluding carboxylic acids is 3. The highest BCUT2D eigenvalue weighted by molar-refractivity contribution is 6.35. The van der Waals surface area contributed by atoms with Gasteiger partial charge >= 0.3 is 11.8 Å². The van der Waals surface area contributed by atoms with E-state index in [1.807, 2.05) is 51.0 Å². The predicted molar refractivity (Wildman–Crippen MR) is 96.1 cm³/mol. The lowest BCUT2D eigenvalue weighted by molar-refractivity contribution is -0.140. The van der Waals surface area contributed by atoms with Gasteiger partial charge in [-0.2, -0.15) is 0 Å². The summed E-state index contributed by atoms with van der Waals surface area (Å²) in [5.74, 6) is -1.72. The smallest absolute Gasteiger partial charge is 0.310 e. The number of rotatable bonds is 6. The monoisotopic (exact) mass is 346 g/mol. The lowest BCUT2D eigenvalue weighted by atomic mass is 10.1. The molecular formula is C18H26N4O3. The van der Waals surface area contributed by atoms with Crippen LogP contribution in [0.4, 0.5) is 5.69 Å². The Morgan fingerprint density at radius 3 is 2.52 bits per heavy atom. The maximum Gasteiger partial charge on any atom is 0.310 e. The molecule has 2 rings (SSSR count). The molecule has 0 saturated carbocycles. The van der Waals surface area contributed by atoms with Gasteiger partial charge in [0.15, 0.2) is 0 Å². The van der Waals surface area contributed by atoms with E-state index in [-0.39, 0.29) is 11.9 Å². The zero-order chi connectivity index (χ0) is 18.6. The van der Waals surface area contributed by atoms with Crippen molar-refractivity contribution in [2.75, 3.05) is 32.1 Å². The van der Waals surface area contributed by atoms with E-state index in [0.29, 0.717) is 6.54 Å². The van der Waals surface area contributed by atoms with Crippen LogP contribution in [-0.4, -0.2) is 55.8 Å². The number of hydrogen-bond donors (Lipinski definition) is 2. The Morgan fingerprint density at radius 1 is 1.20 bits per heavy atom. The first-order valence-corrected chi connectivity index (χ1v) is 8.48. The van der Waals surface area contributed by atoms with Gasteiger partial charge in [-0.3, -0.25) is 14.4 Å².